The van der Waals surface area contributed by atoms with E-state index >= 15 is 0 Å². The Balaban J connectivity index is 1.81. The van der Waals surface area contributed by atoms with Crippen LogP contribution in [0.1, 0.15) is 47.6 Å². The number of ether oxygens (including phenoxy) is 2. The van der Waals surface area contributed by atoms with Gasteiger partial charge in [-0.15, -0.1) is 11.3 Å². The van der Waals surface area contributed by atoms with Crippen molar-refractivity contribution in [1.82, 2.24) is 5.32 Å². The van der Waals surface area contributed by atoms with Gasteiger partial charge in [-0.2, -0.15) is 0 Å². The summed E-state index contributed by atoms with van der Waals surface area (Å²) in [6.45, 7) is 8.73. The third-order valence-corrected chi connectivity index (χ3v) is 6.13. The summed E-state index contributed by atoms with van der Waals surface area (Å²) in [6, 6.07) is 17.7. The van der Waals surface area contributed by atoms with E-state index in [1.165, 1.54) is 11.3 Å². The van der Waals surface area contributed by atoms with Crippen molar-refractivity contribution in [2.45, 2.75) is 33.7 Å². The molecule has 0 fully saturated rings. The van der Waals surface area contributed by atoms with Crippen molar-refractivity contribution in [3.8, 4) is 16.9 Å². The fourth-order valence-corrected chi connectivity index (χ4v) is 4.83. The smallest absolute Gasteiger partial charge is 0.341 e. The van der Waals surface area contributed by atoms with Crippen molar-refractivity contribution < 1.29 is 14.3 Å². The first-order valence-corrected chi connectivity index (χ1v) is 11.8. The molecule has 1 heterocycles. The maximum absolute atomic E-state index is 12.9. The van der Waals surface area contributed by atoms with Crippen LogP contribution in [-0.4, -0.2) is 24.3 Å². The van der Waals surface area contributed by atoms with Crippen molar-refractivity contribution in [1.29, 1.82) is 0 Å². The van der Waals surface area contributed by atoms with Gasteiger partial charge in [0.05, 0.1) is 19.3 Å². The van der Waals surface area contributed by atoms with E-state index < -0.39 is 0 Å². The lowest BCUT2D eigenvalue weighted by Gasteiger charge is -2.18. The molecule has 0 aliphatic heterocycles. The van der Waals surface area contributed by atoms with Crippen LogP contribution in [0.5, 0.6) is 5.75 Å². The Morgan fingerprint density at radius 3 is 2.38 bits per heavy atom. The van der Waals surface area contributed by atoms with Gasteiger partial charge in [0.25, 0.3) is 0 Å². The minimum atomic E-state index is -0.361. The van der Waals surface area contributed by atoms with Gasteiger partial charge < -0.3 is 20.1 Å². The molecule has 0 bridgehead atoms. The highest BCUT2D eigenvalue weighted by molar-refractivity contribution is 7.80. The quantitative estimate of drug-likeness (QED) is 0.297. The Morgan fingerprint density at radius 2 is 1.75 bits per heavy atom. The highest BCUT2D eigenvalue weighted by atomic mass is 32.1. The topological polar surface area (TPSA) is 59.6 Å². The number of thiocarbonyl (C=S) groups is 1. The predicted molar refractivity (Wildman–Crippen MR) is 136 cm³/mol. The molecule has 0 aliphatic rings. The summed E-state index contributed by atoms with van der Waals surface area (Å²) >= 11 is 7.06. The van der Waals surface area contributed by atoms with Crippen molar-refractivity contribution in [3.05, 3.63) is 70.6 Å². The molecule has 3 rings (SSSR count). The monoisotopic (exact) mass is 468 g/mol. The van der Waals surface area contributed by atoms with E-state index in [0.29, 0.717) is 28.9 Å². The van der Waals surface area contributed by atoms with Gasteiger partial charge in [-0.3, -0.25) is 0 Å². The van der Waals surface area contributed by atoms with Gasteiger partial charge in [0.1, 0.15) is 16.3 Å². The van der Waals surface area contributed by atoms with Crippen LogP contribution >= 0.6 is 23.6 Å². The lowest BCUT2D eigenvalue weighted by molar-refractivity contribution is 0.0529. The van der Waals surface area contributed by atoms with Crippen LogP contribution in [-0.2, 0) is 4.74 Å². The van der Waals surface area contributed by atoms with E-state index in [4.69, 9.17) is 21.7 Å². The first-order valence-electron chi connectivity index (χ1n) is 10.6. The molecule has 1 aromatic heterocycles. The third-order valence-electron chi connectivity index (χ3n) is 4.89. The Morgan fingerprint density at radius 1 is 1.06 bits per heavy atom. The first-order chi connectivity index (χ1) is 15.4. The highest BCUT2D eigenvalue weighted by Gasteiger charge is 2.25. The Bertz CT molecular complexity index is 1060. The largest absolute Gasteiger partial charge is 0.494 e. The number of hydrogen-bond donors (Lipinski definition) is 2. The zero-order chi connectivity index (χ0) is 23.1. The summed E-state index contributed by atoms with van der Waals surface area (Å²) in [6.07, 6.45) is 0. The number of carbonyl (C=O) groups excluding carboxylic acids is 1. The maximum Gasteiger partial charge on any atom is 0.341 e. The van der Waals surface area contributed by atoms with Gasteiger partial charge in [-0.1, -0.05) is 42.5 Å². The number of anilines is 1. The molecular weight excluding hydrogens is 440 g/mol. The second-order valence-corrected chi connectivity index (χ2v) is 8.78. The molecule has 0 radical (unpaired) electrons. The molecule has 0 aliphatic carbocycles. The Kier molecular flexibility index (Phi) is 8.25. The van der Waals surface area contributed by atoms with Crippen molar-refractivity contribution in [2.24, 2.45) is 0 Å². The van der Waals surface area contributed by atoms with E-state index in [-0.39, 0.29) is 12.0 Å². The number of esters is 1. The zero-order valence-electron chi connectivity index (χ0n) is 18.7. The van der Waals surface area contributed by atoms with Crippen LogP contribution in [0.4, 0.5) is 5.00 Å². The van der Waals surface area contributed by atoms with Gasteiger partial charge in [0, 0.05) is 10.4 Å². The molecule has 2 aromatic carbocycles. The molecular formula is C25H28N2O3S2. The molecule has 3 aromatic rings. The minimum absolute atomic E-state index is 0.0219. The number of rotatable bonds is 8. The molecule has 7 heteroatoms. The molecule has 0 saturated carbocycles. The molecule has 32 heavy (non-hydrogen) atoms. The van der Waals surface area contributed by atoms with Gasteiger partial charge in [-0.05, 0) is 63.2 Å². The predicted octanol–water partition coefficient (Wildman–Crippen LogP) is 6.35. The molecule has 5 nitrogen and oxygen atoms in total. The molecule has 2 N–H and O–H groups in total. The van der Waals surface area contributed by atoms with Gasteiger partial charge in [0.15, 0.2) is 5.11 Å². The van der Waals surface area contributed by atoms with E-state index in [1.807, 2.05) is 75.4 Å². The second kappa shape index (κ2) is 11.1. The summed E-state index contributed by atoms with van der Waals surface area (Å²) in [5, 5.41) is 7.64. The summed E-state index contributed by atoms with van der Waals surface area (Å²) in [5.41, 5.74) is 3.44. The summed E-state index contributed by atoms with van der Waals surface area (Å²) in [4.78, 5) is 13.9. The maximum atomic E-state index is 12.9. The average molecular weight is 469 g/mol. The fourth-order valence-electron chi connectivity index (χ4n) is 3.42. The number of hydrogen-bond acceptors (Lipinski definition) is 5. The highest BCUT2D eigenvalue weighted by Crippen LogP contribution is 2.40. The third kappa shape index (κ3) is 5.66. The van der Waals surface area contributed by atoms with E-state index in [1.54, 1.807) is 6.92 Å². The second-order valence-electron chi connectivity index (χ2n) is 7.15. The number of thiophene rings is 1. The number of aryl methyl sites for hydroxylation is 1. The lowest BCUT2D eigenvalue weighted by atomic mass is 10.0. The van der Waals surface area contributed by atoms with E-state index in [0.717, 1.165) is 27.3 Å². The molecule has 0 spiro atoms. The van der Waals surface area contributed by atoms with Crippen molar-refractivity contribution >= 4 is 39.6 Å². The first kappa shape index (κ1) is 23.8. The molecule has 1 unspecified atom stereocenters. The summed E-state index contributed by atoms with van der Waals surface area (Å²) in [5.74, 6) is 0.478. The summed E-state index contributed by atoms with van der Waals surface area (Å²) in [7, 11) is 0. The van der Waals surface area contributed by atoms with E-state index in [2.05, 4.69) is 10.6 Å². The Labute approximate surface area is 198 Å². The van der Waals surface area contributed by atoms with Crippen LogP contribution in [0, 0.1) is 6.92 Å². The number of benzene rings is 2. The summed E-state index contributed by atoms with van der Waals surface area (Å²) < 4.78 is 10.9. The van der Waals surface area contributed by atoms with Crippen molar-refractivity contribution in [2.75, 3.05) is 18.5 Å². The standard InChI is InChI=1S/C25H28N2O3S2/c1-5-29-20-14-12-18(13-15-20)16(3)26-25(31)27-23-22(24(28)30-6-2)21(17(4)32-23)19-10-8-7-9-11-19/h7-16H,5-6H2,1-4H3,(H2,26,27,31). The number of carbonyl (C=O) groups is 1. The van der Waals surface area contributed by atoms with Crippen LogP contribution in [0.2, 0.25) is 0 Å². The zero-order valence-corrected chi connectivity index (χ0v) is 20.4. The fraction of sp³-hybridized carbons (Fsp3) is 0.280. The van der Waals surface area contributed by atoms with Crippen LogP contribution in [0.3, 0.4) is 0 Å². The number of nitrogens with one attached hydrogen (secondary N) is 2. The van der Waals surface area contributed by atoms with Crippen molar-refractivity contribution in [3.63, 3.8) is 0 Å². The minimum Gasteiger partial charge on any atom is -0.494 e. The normalized spacial score (nSPS) is 11.5. The molecule has 1 atom stereocenters. The van der Waals surface area contributed by atoms with Crippen LogP contribution in [0.25, 0.3) is 11.1 Å². The molecule has 168 valence electrons. The van der Waals surface area contributed by atoms with Gasteiger partial charge in [-0.25, -0.2) is 4.79 Å². The lowest BCUT2D eigenvalue weighted by Crippen LogP contribution is -2.31. The Hall–Kier alpha value is -2.90. The molecule has 0 amide bonds. The average Bonchev–Trinajstić information content (AvgIpc) is 3.10. The SMILES string of the molecule is CCOC(=O)c1c(NC(=S)NC(C)c2ccc(OCC)cc2)sc(C)c1-c1ccccc1. The van der Waals surface area contributed by atoms with E-state index in [9.17, 15) is 4.79 Å². The molecule has 0 saturated heterocycles. The van der Waals surface area contributed by atoms with Crippen LogP contribution in [0.15, 0.2) is 54.6 Å². The van der Waals surface area contributed by atoms with Gasteiger partial charge in [0.2, 0.25) is 0 Å². The van der Waals surface area contributed by atoms with Gasteiger partial charge >= 0.3 is 5.97 Å². The van der Waals surface area contributed by atoms with Crippen LogP contribution < -0.4 is 15.4 Å².